The molecule has 1 rings (SSSR count). The van der Waals surface area contributed by atoms with Crippen LogP contribution in [0.2, 0.25) is 0 Å². The molecule has 0 bridgehead atoms. The van der Waals surface area contributed by atoms with E-state index in [0.29, 0.717) is 0 Å². The van der Waals surface area contributed by atoms with E-state index < -0.39 is 0 Å². The topological polar surface area (TPSA) is 15.7 Å². The predicted octanol–water partition coefficient (Wildman–Crippen LogP) is 0.475. The van der Waals surface area contributed by atoms with Crippen molar-refractivity contribution in [3.63, 3.8) is 0 Å². The lowest BCUT2D eigenvalue weighted by atomic mass is 10.3. The average Bonchev–Trinajstić information content (AvgIpc) is 2.15. The number of hydrogen-bond donors (Lipinski definition) is 0. The summed E-state index contributed by atoms with van der Waals surface area (Å²) < 4.78 is 5.39. The van der Waals surface area contributed by atoms with Gasteiger partial charge in [0, 0.05) is 39.3 Å². The van der Waals surface area contributed by atoms with Gasteiger partial charge in [-0.15, -0.1) is 0 Å². The van der Waals surface area contributed by atoms with Crippen molar-refractivity contribution >= 4 is 0 Å². The van der Waals surface area contributed by atoms with E-state index in [2.05, 4.69) is 23.8 Å². The van der Waals surface area contributed by atoms with Gasteiger partial charge >= 0.3 is 0 Å². The molecule has 1 aliphatic rings. The Morgan fingerprint density at radius 1 is 1.15 bits per heavy atom. The quantitative estimate of drug-likeness (QED) is 0.579. The minimum atomic E-state index is 0.799. The van der Waals surface area contributed by atoms with Gasteiger partial charge in [-0.3, -0.25) is 4.90 Å². The third-order valence-electron chi connectivity index (χ3n) is 2.44. The summed E-state index contributed by atoms with van der Waals surface area (Å²) >= 11 is 0. The molecule has 13 heavy (non-hydrogen) atoms. The molecule has 0 aromatic rings. The van der Waals surface area contributed by atoms with Gasteiger partial charge in [0.15, 0.2) is 0 Å². The van der Waals surface area contributed by atoms with Crippen LogP contribution >= 0.6 is 0 Å². The molecule has 0 atom stereocenters. The number of ether oxygens (including phenoxy) is 1. The van der Waals surface area contributed by atoms with E-state index in [9.17, 15) is 0 Å². The minimum Gasteiger partial charge on any atom is -0.380 e. The van der Waals surface area contributed by atoms with Gasteiger partial charge in [-0.1, -0.05) is 6.92 Å². The highest BCUT2D eigenvalue weighted by Gasteiger charge is 2.12. The van der Waals surface area contributed by atoms with Crippen LogP contribution in [0.5, 0.6) is 0 Å². The monoisotopic (exact) mass is 185 g/mol. The third kappa shape index (κ3) is 4.60. The molecular formula is C10H21N2O. The number of piperazine rings is 1. The zero-order valence-electron chi connectivity index (χ0n) is 8.67. The Hall–Kier alpha value is -0.120. The first-order valence-corrected chi connectivity index (χ1v) is 5.11. The fourth-order valence-electron chi connectivity index (χ4n) is 1.47. The van der Waals surface area contributed by atoms with E-state index in [4.69, 9.17) is 4.74 Å². The van der Waals surface area contributed by atoms with Crippen LogP contribution in [-0.4, -0.2) is 62.8 Å². The number of rotatable bonds is 5. The summed E-state index contributed by atoms with van der Waals surface area (Å²) in [6, 6.07) is 0. The lowest BCUT2D eigenvalue weighted by Crippen LogP contribution is -2.45. The van der Waals surface area contributed by atoms with E-state index in [1.165, 1.54) is 26.2 Å². The molecule has 1 heterocycles. The first-order valence-electron chi connectivity index (χ1n) is 5.11. The maximum absolute atomic E-state index is 5.39. The summed E-state index contributed by atoms with van der Waals surface area (Å²) in [5, 5.41) is 0. The van der Waals surface area contributed by atoms with Crippen molar-refractivity contribution in [3.05, 3.63) is 6.92 Å². The first kappa shape index (κ1) is 11.0. The summed E-state index contributed by atoms with van der Waals surface area (Å²) in [4.78, 5) is 4.83. The van der Waals surface area contributed by atoms with Crippen molar-refractivity contribution in [2.75, 3.05) is 53.0 Å². The van der Waals surface area contributed by atoms with E-state index in [0.717, 1.165) is 26.2 Å². The molecule has 0 amide bonds. The maximum Gasteiger partial charge on any atom is 0.0593 e. The van der Waals surface area contributed by atoms with Gasteiger partial charge in [0.05, 0.1) is 6.61 Å². The SMILES string of the molecule is [CH2]CCOCCN1CCN(C)CC1. The first-order chi connectivity index (χ1) is 6.33. The summed E-state index contributed by atoms with van der Waals surface area (Å²) in [6.45, 7) is 11.2. The van der Waals surface area contributed by atoms with E-state index >= 15 is 0 Å². The zero-order chi connectivity index (χ0) is 9.52. The van der Waals surface area contributed by atoms with E-state index in [1.54, 1.807) is 0 Å². The molecule has 0 unspecified atom stereocenters. The second kappa shape index (κ2) is 6.35. The largest absolute Gasteiger partial charge is 0.380 e. The second-order valence-electron chi connectivity index (χ2n) is 3.61. The Morgan fingerprint density at radius 2 is 1.85 bits per heavy atom. The van der Waals surface area contributed by atoms with Gasteiger partial charge in [0.2, 0.25) is 0 Å². The normalized spacial score (nSPS) is 20.8. The van der Waals surface area contributed by atoms with Crippen LogP contribution < -0.4 is 0 Å². The van der Waals surface area contributed by atoms with Crippen LogP contribution in [0, 0.1) is 6.92 Å². The Bertz CT molecular complexity index is 122. The number of hydrogen-bond acceptors (Lipinski definition) is 3. The zero-order valence-corrected chi connectivity index (χ0v) is 8.67. The van der Waals surface area contributed by atoms with Crippen molar-refractivity contribution in [1.29, 1.82) is 0 Å². The lowest BCUT2D eigenvalue weighted by Gasteiger charge is -2.32. The molecule has 0 spiro atoms. The van der Waals surface area contributed by atoms with Crippen molar-refractivity contribution in [2.45, 2.75) is 6.42 Å². The van der Waals surface area contributed by atoms with E-state index in [1.807, 2.05) is 0 Å². The molecular weight excluding hydrogens is 164 g/mol. The van der Waals surface area contributed by atoms with Crippen LogP contribution in [0.15, 0.2) is 0 Å². The average molecular weight is 185 g/mol. The third-order valence-corrected chi connectivity index (χ3v) is 2.44. The molecule has 1 saturated heterocycles. The van der Waals surface area contributed by atoms with Crippen LogP contribution in [0.3, 0.4) is 0 Å². The van der Waals surface area contributed by atoms with Gasteiger partial charge in [-0.25, -0.2) is 0 Å². The molecule has 3 heteroatoms. The highest BCUT2D eigenvalue weighted by Crippen LogP contribution is 1.98. The Kier molecular flexibility index (Phi) is 5.35. The van der Waals surface area contributed by atoms with Gasteiger partial charge in [0.25, 0.3) is 0 Å². The fourth-order valence-corrected chi connectivity index (χ4v) is 1.47. The van der Waals surface area contributed by atoms with Gasteiger partial charge in [-0.05, 0) is 13.5 Å². The fraction of sp³-hybridized carbons (Fsp3) is 0.900. The molecule has 1 radical (unpaired) electrons. The predicted molar refractivity (Wildman–Crippen MR) is 54.7 cm³/mol. The van der Waals surface area contributed by atoms with Gasteiger partial charge < -0.3 is 9.64 Å². The molecule has 3 nitrogen and oxygen atoms in total. The Labute approximate surface area is 81.7 Å². The molecule has 77 valence electrons. The lowest BCUT2D eigenvalue weighted by molar-refractivity contribution is 0.0839. The molecule has 0 saturated carbocycles. The van der Waals surface area contributed by atoms with Crippen molar-refractivity contribution in [1.82, 2.24) is 9.80 Å². The molecule has 1 fully saturated rings. The molecule has 0 aromatic heterocycles. The van der Waals surface area contributed by atoms with Gasteiger partial charge in [0.1, 0.15) is 0 Å². The molecule has 1 aliphatic heterocycles. The van der Waals surface area contributed by atoms with Crippen LogP contribution in [0.4, 0.5) is 0 Å². The summed E-state index contributed by atoms with van der Waals surface area (Å²) in [5.41, 5.74) is 0. The highest BCUT2D eigenvalue weighted by atomic mass is 16.5. The standard InChI is InChI=1S/C10H21N2O/c1-3-9-13-10-8-12-6-4-11(2)5-7-12/h1,3-10H2,2H3. The maximum atomic E-state index is 5.39. The summed E-state index contributed by atoms with van der Waals surface area (Å²) in [7, 11) is 2.18. The number of likely N-dealkylation sites (N-methyl/N-ethyl adjacent to an activating group) is 1. The van der Waals surface area contributed by atoms with Crippen LogP contribution in [0.1, 0.15) is 6.42 Å². The van der Waals surface area contributed by atoms with Crippen molar-refractivity contribution in [2.24, 2.45) is 0 Å². The van der Waals surface area contributed by atoms with Crippen molar-refractivity contribution in [3.8, 4) is 0 Å². The Balaban J connectivity index is 1.96. The molecule has 0 aromatic carbocycles. The second-order valence-corrected chi connectivity index (χ2v) is 3.61. The minimum absolute atomic E-state index is 0.799. The molecule has 0 aliphatic carbocycles. The van der Waals surface area contributed by atoms with E-state index in [-0.39, 0.29) is 0 Å². The van der Waals surface area contributed by atoms with Crippen LogP contribution in [-0.2, 0) is 4.74 Å². The van der Waals surface area contributed by atoms with Gasteiger partial charge in [-0.2, -0.15) is 0 Å². The number of nitrogens with zero attached hydrogens (tertiary/aromatic N) is 2. The smallest absolute Gasteiger partial charge is 0.0593 e. The highest BCUT2D eigenvalue weighted by molar-refractivity contribution is 4.68. The molecule has 0 N–H and O–H groups in total. The van der Waals surface area contributed by atoms with Crippen molar-refractivity contribution < 1.29 is 4.74 Å². The summed E-state index contributed by atoms with van der Waals surface area (Å²) in [5.74, 6) is 0. The van der Waals surface area contributed by atoms with Crippen LogP contribution in [0.25, 0.3) is 0 Å². The summed E-state index contributed by atoms with van der Waals surface area (Å²) in [6.07, 6.45) is 0.878. The Morgan fingerprint density at radius 3 is 2.46 bits per heavy atom.